The molecule has 98 valence electrons. The number of anilines is 1. The molecule has 0 aliphatic carbocycles. The monoisotopic (exact) mass is 251 g/mol. The van der Waals surface area contributed by atoms with Crippen molar-refractivity contribution in [1.82, 2.24) is 0 Å². The van der Waals surface area contributed by atoms with Crippen molar-refractivity contribution in [3.8, 4) is 0 Å². The third-order valence-electron chi connectivity index (χ3n) is 3.23. The Morgan fingerprint density at radius 2 is 2.28 bits per heavy atom. The van der Waals surface area contributed by atoms with Gasteiger partial charge in [-0.3, -0.25) is 4.79 Å². The Hall–Kier alpha value is -1.58. The van der Waals surface area contributed by atoms with Crippen LogP contribution in [0, 0.1) is 11.7 Å². The molecule has 1 unspecified atom stereocenters. The van der Waals surface area contributed by atoms with Crippen LogP contribution in [0.15, 0.2) is 24.3 Å². The van der Waals surface area contributed by atoms with Crippen LogP contribution >= 0.6 is 0 Å². The average molecular weight is 251 g/mol. The van der Waals surface area contributed by atoms with Gasteiger partial charge in [-0.05, 0) is 31.9 Å². The highest BCUT2D eigenvalue weighted by atomic mass is 19.1. The van der Waals surface area contributed by atoms with Crippen LogP contribution in [0.5, 0.6) is 0 Å². The molecule has 18 heavy (non-hydrogen) atoms. The first-order valence-electron chi connectivity index (χ1n) is 6.38. The van der Waals surface area contributed by atoms with Crippen molar-refractivity contribution in [2.24, 2.45) is 5.92 Å². The minimum Gasteiger partial charge on any atom is -0.466 e. The summed E-state index contributed by atoms with van der Waals surface area (Å²) >= 11 is 0. The summed E-state index contributed by atoms with van der Waals surface area (Å²) in [4.78, 5) is 13.6. The number of para-hydroxylation sites is 1. The molecule has 3 nitrogen and oxygen atoms in total. The summed E-state index contributed by atoms with van der Waals surface area (Å²) in [5.41, 5.74) is 0.575. The van der Waals surface area contributed by atoms with E-state index in [-0.39, 0.29) is 17.7 Å². The zero-order valence-corrected chi connectivity index (χ0v) is 10.6. The van der Waals surface area contributed by atoms with E-state index in [1.807, 2.05) is 11.0 Å². The maximum atomic E-state index is 13.7. The molecular formula is C14H18FNO2. The minimum atomic E-state index is -0.234. The Morgan fingerprint density at radius 3 is 3.00 bits per heavy atom. The van der Waals surface area contributed by atoms with Gasteiger partial charge in [-0.15, -0.1) is 0 Å². The van der Waals surface area contributed by atoms with Crippen LogP contribution in [0.3, 0.4) is 0 Å². The van der Waals surface area contributed by atoms with E-state index >= 15 is 0 Å². The van der Waals surface area contributed by atoms with Gasteiger partial charge in [-0.25, -0.2) is 4.39 Å². The molecule has 0 spiro atoms. The van der Waals surface area contributed by atoms with E-state index in [1.165, 1.54) is 6.07 Å². The van der Waals surface area contributed by atoms with Crippen molar-refractivity contribution in [1.29, 1.82) is 0 Å². The number of hydrogen-bond acceptors (Lipinski definition) is 3. The lowest BCUT2D eigenvalue weighted by Gasteiger charge is -2.33. The lowest BCUT2D eigenvalue weighted by molar-refractivity contribution is -0.148. The van der Waals surface area contributed by atoms with Gasteiger partial charge in [0.1, 0.15) is 5.82 Å². The Bertz CT molecular complexity index is 422. The standard InChI is InChI=1S/C14H18FNO2/c1-2-18-14(17)11-6-5-9-16(10-11)13-8-4-3-7-12(13)15/h3-4,7-8,11H,2,5-6,9-10H2,1H3. The average Bonchev–Trinajstić information content (AvgIpc) is 2.40. The first-order valence-corrected chi connectivity index (χ1v) is 6.38. The molecule has 1 aromatic rings. The number of carbonyl (C=O) groups excluding carboxylic acids is 1. The predicted molar refractivity (Wildman–Crippen MR) is 68.0 cm³/mol. The van der Waals surface area contributed by atoms with Gasteiger partial charge in [-0.2, -0.15) is 0 Å². The second-order valence-corrected chi connectivity index (χ2v) is 4.49. The van der Waals surface area contributed by atoms with Crippen LogP contribution in [-0.4, -0.2) is 25.7 Å². The summed E-state index contributed by atoms with van der Waals surface area (Å²) in [5.74, 6) is -0.543. The quantitative estimate of drug-likeness (QED) is 0.773. The number of benzene rings is 1. The molecule has 1 fully saturated rings. The molecule has 0 radical (unpaired) electrons. The third kappa shape index (κ3) is 2.81. The fourth-order valence-corrected chi connectivity index (χ4v) is 2.36. The molecular weight excluding hydrogens is 233 g/mol. The predicted octanol–water partition coefficient (Wildman–Crippen LogP) is 2.61. The van der Waals surface area contributed by atoms with E-state index in [2.05, 4.69) is 0 Å². The van der Waals surface area contributed by atoms with Crippen LogP contribution in [0.2, 0.25) is 0 Å². The van der Waals surface area contributed by atoms with Gasteiger partial charge in [0.15, 0.2) is 0 Å². The van der Waals surface area contributed by atoms with E-state index in [1.54, 1.807) is 19.1 Å². The number of piperidine rings is 1. The maximum Gasteiger partial charge on any atom is 0.310 e. The van der Waals surface area contributed by atoms with Crippen molar-refractivity contribution in [2.45, 2.75) is 19.8 Å². The Labute approximate surface area is 107 Å². The molecule has 2 rings (SSSR count). The molecule has 1 heterocycles. The summed E-state index contributed by atoms with van der Waals surface area (Å²) in [6.45, 7) is 3.53. The number of nitrogens with zero attached hydrogens (tertiary/aromatic N) is 1. The van der Waals surface area contributed by atoms with E-state index in [9.17, 15) is 9.18 Å². The number of carbonyl (C=O) groups is 1. The smallest absolute Gasteiger partial charge is 0.310 e. The molecule has 1 atom stereocenters. The number of halogens is 1. The van der Waals surface area contributed by atoms with Crippen molar-refractivity contribution in [3.63, 3.8) is 0 Å². The molecule has 1 saturated heterocycles. The Morgan fingerprint density at radius 1 is 1.50 bits per heavy atom. The molecule has 0 aromatic heterocycles. The van der Waals surface area contributed by atoms with Gasteiger partial charge in [0, 0.05) is 13.1 Å². The van der Waals surface area contributed by atoms with E-state index in [0.29, 0.717) is 18.8 Å². The van der Waals surface area contributed by atoms with Crippen LogP contribution in [0.25, 0.3) is 0 Å². The van der Waals surface area contributed by atoms with Crippen molar-refractivity contribution < 1.29 is 13.9 Å². The molecule has 0 amide bonds. The van der Waals surface area contributed by atoms with Gasteiger partial charge >= 0.3 is 5.97 Å². The highest BCUT2D eigenvalue weighted by Gasteiger charge is 2.27. The summed E-state index contributed by atoms with van der Waals surface area (Å²) in [7, 11) is 0. The van der Waals surface area contributed by atoms with Crippen LogP contribution in [-0.2, 0) is 9.53 Å². The Kier molecular flexibility index (Phi) is 4.18. The van der Waals surface area contributed by atoms with Gasteiger partial charge in [0.25, 0.3) is 0 Å². The highest BCUT2D eigenvalue weighted by Crippen LogP contribution is 2.25. The number of hydrogen-bond donors (Lipinski definition) is 0. The first kappa shape index (κ1) is 12.9. The number of rotatable bonds is 3. The van der Waals surface area contributed by atoms with Crippen molar-refractivity contribution in [3.05, 3.63) is 30.1 Å². The largest absolute Gasteiger partial charge is 0.466 e. The summed E-state index contributed by atoms with van der Waals surface area (Å²) in [5, 5.41) is 0. The fourth-order valence-electron chi connectivity index (χ4n) is 2.36. The lowest BCUT2D eigenvalue weighted by Crippen LogP contribution is -2.39. The fraction of sp³-hybridized carbons (Fsp3) is 0.500. The molecule has 0 saturated carbocycles. The Balaban J connectivity index is 2.07. The van der Waals surface area contributed by atoms with Gasteiger partial charge in [-0.1, -0.05) is 12.1 Å². The molecule has 0 bridgehead atoms. The number of esters is 1. The topological polar surface area (TPSA) is 29.5 Å². The van der Waals surface area contributed by atoms with Crippen LogP contribution in [0.1, 0.15) is 19.8 Å². The van der Waals surface area contributed by atoms with Crippen molar-refractivity contribution >= 4 is 11.7 Å². The van der Waals surface area contributed by atoms with E-state index < -0.39 is 0 Å². The van der Waals surface area contributed by atoms with Gasteiger partial charge < -0.3 is 9.64 Å². The zero-order valence-electron chi connectivity index (χ0n) is 10.6. The minimum absolute atomic E-state index is 0.140. The SMILES string of the molecule is CCOC(=O)C1CCCN(c2ccccc2F)C1. The molecule has 1 aromatic carbocycles. The highest BCUT2D eigenvalue weighted by molar-refractivity contribution is 5.73. The van der Waals surface area contributed by atoms with Gasteiger partial charge in [0.05, 0.1) is 18.2 Å². The molecule has 1 aliphatic heterocycles. The van der Waals surface area contributed by atoms with Crippen molar-refractivity contribution in [2.75, 3.05) is 24.6 Å². The van der Waals surface area contributed by atoms with Crippen LogP contribution < -0.4 is 4.90 Å². The summed E-state index contributed by atoms with van der Waals surface area (Å²) in [6.07, 6.45) is 1.71. The second-order valence-electron chi connectivity index (χ2n) is 4.49. The molecule has 1 aliphatic rings. The van der Waals surface area contributed by atoms with Gasteiger partial charge in [0.2, 0.25) is 0 Å². The van der Waals surface area contributed by atoms with Crippen LogP contribution in [0.4, 0.5) is 10.1 Å². The van der Waals surface area contributed by atoms with E-state index in [0.717, 1.165) is 19.4 Å². The zero-order chi connectivity index (χ0) is 13.0. The number of ether oxygens (including phenoxy) is 1. The third-order valence-corrected chi connectivity index (χ3v) is 3.23. The molecule has 0 N–H and O–H groups in total. The second kappa shape index (κ2) is 5.85. The summed E-state index contributed by atoms with van der Waals surface area (Å²) in [6, 6.07) is 6.68. The molecule has 4 heteroatoms. The lowest BCUT2D eigenvalue weighted by atomic mass is 9.97. The maximum absolute atomic E-state index is 13.7. The van der Waals surface area contributed by atoms with E-state index in [4.69, 9.17) is 4.74 Å². The normalized spacial score (nSPS) is 19.7. The summed E-state index contributed by atoms with van der Waals surface area (Å²) < 4.78 is 18.7. The first-order chi connectivity index (χ1) is 8.72.